The van der Waals surface area contributed by atoms with Gasteiger partial charge in [0.2, 0.25) is 0 Å². The summed E-state index contributed by atoms with van der Waals surface area (Å²) in [5.74, 6) is 0.800. The maximum Gasteiger partial charge on any atom is 0.320 e. The highest BCUT2D eigenvalue weighted by atomic mass is 32.2. The number of hydrogen-bond acceptors (Lipinski definition) is 4. The maximum atomic E-state index is 12.7. The van der Waals surface area contributed by atoms with Gasteiger partial charge in [-0.1, -0.05) is 0 Å². The molecule has 21 heavy (non-hydrogen) atoms. The van der Waals surface area contributed by atoms with E-state index in [0.717, 1.165) is 37.4 Å². The lowest BCUT2D eigenvalue weighted by Gasteiger charge is -2.41. The van der Waals surface area contributed by atoms with Crippen LogP contribution in [0.3, 0.4) is 0 Å². The number of carbonyl (C=O) groups is 2. The van der Waals surface area contributed by atoms with E-state index in [4.69, 9.17) is 5.11 Å². The Balaban J connectivity index is 1.93. The number of carboxylic acid groups (broad SMARTS) is 1. The summed E-state index contributed by atoms with van der Waals surface area (Å²) in [6.07, 6.45) is 2.03. The SMILES string of the molecule is CN(C)C1CCN(C(=O)N2CCSCC2CC(=O)O)CC1. The standard InChI is InChI=1S/C14H25N3O3S/c1-15(2)11-3-5-16(6-4-11)14(20)17-7-8-21-10-12(17)9-13(18)19/h11-12H,3-10H2,1-2H3,(H,18,19). The van der Waals surface area contributed by atoms with Crippen LogP contribution in [0.1, 0.15) is 19.3 Å². The average molecular weight is 315 g/mol. The highest BCUT2D eigenvalue weighted by Gasteiger charge is 2.33. The van der Waals surface area contributed by atoms with Crippen molar-refractivity contribution < 1.29 is 14.7 Å². The number of thioether (sulfide) groups is 1. The fourth-order valence-electron chi connectivity index (χ4n) is 3.03. The molecular weight excluding hydrogens is 290 g/mol. The number of urea groups is 1. The van der Waals surface area contributed by atoms with Gasteiger partial charge in [-0.3, -0.25) is 4.79 Å². The van der Waals surface area contributed by atoms with Gasteiger partial charge in [0.25, 0.3) is 0 Å². The number of piperidine rings is 1. The molecule has 2 heterocycles. The minimum Gasteiger partial charge on any atom is -0.481 e. The predicted octanol–water partition coefficient (Wildman–Crippen LogP) is 1.02. The minimum atomic E-state index is -0.827. The second-order valence-corrected chi connectivity index (χ2v) is 7.13. The van der Waals surface area contributed by atoms with Crippen LogP contribution >= 0.6 is 11.8 Å². The first-order valence-electron chi connectivity index (χ1n) is 7.50. The Morgan fingerprint density at radius 1 is 1.24 bits per heavy atom. The predicted molar refractivity (Wildman–Crippen MR) is 83.7 cm³/mol. The van der Waals surface area contributed by atoms with Gasteiger partial charge in [0, 0.05) is 37.2 Å². The summed E-state index contributed by atoms with van der Waals surface area (Å²) in [5.41, 5.74) is 0. The molecule has 1 N–H and O–H groups in total. The molecule has 0 aliphatic carbocycles. The van der Waals surface area contributed by atoms with E-state index in [9.17, 15) is 9.59 Å². The lowest BCUT2D eigenvalue weighted by molar-refractivity contribution is -0.138. The van der Waals surface area contributed by atoms with E-state index in [1.165, 1.54) is 0 Å². The molecule has 0 aromatic rings. The van der Waals surface area contributed by atoms with Crippen molar-refractivity contribution in [3.63, 3.8) is 0 Å². The molecule has 0 spiro atoms. The molecule has 0 saturated carbocycles. The number of aliphatic carboxylic acids is 1. The zero-order chi connectivity index (χ0) is 15.4. The second-order valence-electron chi connectivity index (χ2n) is 5.98. The van der Waals surface area contributed by atoms with Crippen molar-refractivity contribution in [2.24, 2.45) is 0 Å². The summed E-state index contributed by atoms with van der Waals surface area (Å²) in [4.78, 5) is 29.5. The van der Waals surface area contributed by atoms with Crippen LogP contribution in [-0.4, -0.2) is 89.1 Å². The molecule has 6 nitrogen and oxygen atoms in total. The first-order chi connectivity index (χ1) is 9.99. The van der Waals surface area contributed by atoms with Crippen LogP contribution < -0.4 is 0 Å². The zero-order valence-corrected chi connectivity index (χ0v) is 13.6. The number of nitrogens with zero attached hydrogens (tertiary/aromatic N) is 3. The quantitative estimate of drug-likeness (QED) is 0.842. The average Bonchev–Trinajstić information content (AvgIpc) is 2.46. The largest absolute Gasteiger partial charge is 0.481 e. The summed E-state index contributed by atoms with van der Waals surface area (Å²) < 4.78 is 0. The monoisotopic (exact) mass is 315 g/mol. The van der Waals surface area contributed by atoms with Crippen LogP contribution in [0.4, 0.5) is 4.79 Å². The summed E-state index contributed by atoms with van der Waals surface area (Å²) in [6.45, 7) is 2.20. The molecular formula is C14H25N3O3S. The highest BCUT2D eigenvalue weighted by Crippen LogP contribution is 2.22. The molecule has 120 valence electrons. The smallest absolute Gasteiger partial charge is 0.320 e. The lowest BCUT2D eigenvalue weighted by Crippen LogP contribution is -2.55. The summed E-state index contributed by atoms with van der Waals surface area (Å²) >= 11 is 1.73. The zero-order valence-electron chi connectivity index (χ0n) is 12.8. The maximum absolute atomic E-state index is 12.7. The van der Waals surface area contributed by atoms with Gasteiger partial charge in [-0.25, -0.2) is 4.79 Å². The molecule has 2 amide bonds. The van der Waals surface area contributed by atoms with Gasteiger partial charge in [-0.05, 0) is 26.9 Å². The summed E-state index contributed by atoms with van der Waals surface area (Å²) in [6, 6.07) is 0.403. The van der Waals surface area contributed by atoms with Gasteiger partial charge < -0.3 is 19.8 Å². The number of likely N-dealkylation sites (tertiary alicyclic amines) is 1. The molecule has 2 aliphatic heterocycles. The summed E-state index contributed by atoms with van der Waals surface area (Å²) in [7, 11) is 4.15. The van der Waals surface area contributed by atoms with Crippen LogP contribution in [0.25, 0.3) is 0 Å². The lowest BCUT2D eigenvalue weighted by atomic mass is 10.0. The van der Waals surface area contributed by atoms with E-state index in [-0.39, 0.29) is 18.5 Å². The molecule has 2 rings (SSSR count). The molecule has 0 aromatic carbocycles. The van der Waals surface area contributed by atoms with Crippen molar-refractivity contribution in [1.29, 1.82) is 0 Å². The molecule has 0 bridgehead atoms. The van der Waals surface area contributed by atoms with Crippen molar-refractivity contribution in [2.75, 3.05) is 45.2 Å². The third-order valence-electron chi connectivity index (χ3n) is 4.35. The third kappa shape index (κ3) is 4.26. The van der Waals surface area contributed by atoms with Crippen molar-refractivity contribution in [2.45, 2.75) is 31.3 Å². The van der Waals surface area contributed by atoms with Crippen molar-refractivity contribution in [3.05, 3.63) is 0 Å². The van der Waals surface area contributed by atoms with E-state index in [2.05, 4.69) is 19.0 Å². The minimum absolute atomic E-state index is 0.0266. The fourth-order valence-corrected chi connectivity index (χ4v) is 4.09. The molecule has 1 unspecified atom stereocenters. The summed E-state index contributed by atoms with van der Waals surface area (Å²) in [5, 5.41) is 9.01. The molecule has 0 radical (unpaired) electrons. The number of hydrogen-bond donors (Lipinski definition) is 1. The fraction of sp³-hybridized carbons (Fsp3) is 0.857. The molecule has 2 fully saturated rings. The van der Waals surface area contributed by atoms with Gasteiger partial charge in [0.15, 0.2) is 0 Å². The molecule has 7 heteroatoms. The Hall–Kier alpha value is -0.950. The Labute approximate surface area is 130 Å². The molecule has 0 aromatic heterocycles. The topological polar surface area (TPSA) is 64.1 Å². The van der Waals surface area contributed by atoms with E-state index in [0.29, 0.717) is 12.6 Å². The Bertz CT molecular complexity index is 384. The van der Waals surface area contributed by atoms with Crippen LogP contribution in [-0.2, 0) is 4.79 Å². The first-order valence-corrected chi connectivity index (χ1v) is 8.66. The van der Waals surface area contributed by atoms with E-state index in [1.54, 1.807) is 16.7 Å². The third-order valence-corrected chi connectivity index (χ3v) is 5.44. The van der Waals surface area contributed by atoms with Crippen LogP contribution in [0.5, 0.6) is 0 Å². The van der Waals surface area contributed by atoms with Gasteiger partial charge in [0.1, 0.15) is 0 Å². The number of amides is 2. The van der Waals surface area contributed by atoms with Gasteiger partial charge in [0.05, 0.1) is 12.5 Å². The van der Waals surface area contributed by atoms with Crippen molar-refractivity contribution >= 4 is 23.8 Å². The van der Waals surface area contributed by atoms with Crippen molar-refractivity contribution in [1.82, 2.24) is 14.7 Å². The highest BCUT2D eigenvalue weighted by molar-refractivity contribution is 7.99. The molecule has 2 saturated heterocycles. The second kappa shape index (κ2) is 7.35. The van der Waals surface area contributed by atoms with Crippen LogP contribution in [0, 0.1) is 0 Å². The number of carboxylic acids is 1. The van der Waals surface area contributed by atoms with E-state index < -0.39 is 5.97 Å². The van der Waals surface area contributed by atoms with Crippen molar-refractivity contribution in [3.8, 4) is 0 Å². The Morgan fingerprint density at radius 3 is 2.48 bits per heavy atom. The van der Waals surface area contributed by atoms with Crippen LogP contribution in [0.15, 0.2) is 0 Å². The molecule has 1 atom stereocenters. The Morgan fingerprint density at radius 2 is 1.90 bits per heavy atom. The Kier molecular flexibility index (Phi) is 5.75. The molecule has 2 aliphatic rings. The first kappa shape index (κ1) is 16.4. The van der Waals surface area contributed by atoms with Crippen LogP contribution in [0.2, 0.25) is 0 Å². The van der Waals surface area contributed by atoms with E-state index in [1.807, 2.05) is 4.90 Å². The normalized spacial score (nSPS) is 24.4. The van der Waals surface area contributed by atoms with Gasteiger partial charge >= 0.3 is 12.0 Å². The van der Waals surface area contributed by atoms with Gasteiger partial charge in [-0.2, -0.15) is 11.8 Å². The van der Waals surface area contributed by atoms with Gasteiger partial charge in [-0.15, -0.1) is 0 Å². The van der Waals surface area contributed by atoms with E-state index >= 15 is 0 Å². The number of carbonyl (C=O) groups excluding carboxylic acids is 1. The number of rotatable bonds is 3.